The van der Waals surface area contributed by atoms with E-state index in [9.17, 15) is 0 Å². The molecule has 0 aliphatic carbocycles. The maximum Gasteiger partial charge on any atom is 0.152 e. The van der Waals surface area contributed by atoms with Crippen molar-refractivity contribution in [3.05, 3.63) is 35.0 Å². The Balaban J connectivity index is 2.00. The van der Waals surface area contributed by atoms with Crippen LogP contribution in [0.1, 0.15) is 18.2 Å². The Morgan fingerprint density at radius 2 is 2.33 bits per heavy atom. The molecule has 1 atom stereocenters. The smallest absolute Gasteiger partial charge is 0.152 e. The second kappa shape index (κ2) is 4.92. The van der Waals surface area contributed by atoms with Gasteiger partial charge in [-0.15, -0.1) is 0 Å². The fourth-order valence-corrected chi connectivity index (χ4v) is 2.75. The fraction of sp³-hybridized carbons (Fsp3) is 0.429. The Kier molecular flexibility index (Phi) is 3.29. The normalized spacial score (nSPS) is 22.2. The average Bonchev–Trinajstić information content (AvgIpc) is 2.67. The van der Waals surface area contributed by atoms with Gasteiger partial charge >= 0.3 is 0 Å². The van der Waals surface area contributed by atoms with Crippen LogP contribution in [0.25, 0.3) is 11.0 Å². The van der Waals surface area contributed by atoms with Crippen LogP contribution in [0.2, 0.25) is 5.02 Å². The van der Waals surface area contributed by atoms with E-state index in [0.717, 1.165) is 36.4 Å². The number of benzene rings is 1. The Labute approximate surface area is 112 Å². The van der Waals surface area contributed by atoms with Gasteiger partial charge in [0, 0.05) is 11.9 Å². The zero-order valence-corrected chi connectivity index (χ0v) is 11.2. The van der Waals surface area contributed by atoms with Crippen LogP contribution in [0, 0.1) is 0 Å². The molecule has 0 bridgehead atoms. The van der Waals surface area contributed by atoms with Gasteiger partial charge in [-0.05, 0) is 38.7 Å². The third-order valence-corrected chi connectivity index (χ3v) is 3.88. The average molecular weight is 265 g/mol. The van der Waals surface area contributed by atoms with Crippen molar-refractivity contribution in [2.24, 2.45) is 0 Å². The standard InChI is InChI=1S/C14H17ClN2O/c1-17-7-3-6-16-9-12(17)13-8-10-4-2-5-11(15)14(10)18-13/h2,4-5,8,12,16H,3,6-7,9H2,1H3. The van der Waals surface area contributed by atoms with E-state index in [1.807, 2.05) is 18.2 Å². The molecule has 1 unspecified atom stereocenters. The highest BCUT2D eigenvalue weighted by atomic mass is 35.5. The van der Waals surface area contributed by atoms with Crippen LogP contribution >= 0.6 is 11.6 Å². The lowest BCUT2D eigenvalue weighted by molar-refractivity contribution is 0.233. The number of hydrogen-bond donors (Lipinski definition) is 1. The summed E-state index contributed by atoms with van der Waals surface area (Å²) in [6, 6.07) is 8.26. The van der Waals surface area contributed by atoms with Crippen molar-refractivity contribution in [1.29, 1.82) is 0 Å². The van der Waals surface area contributed by atoms with Crippen molar-refractivity contribution in [2.75, 3.05) is 26.7 Å². The molecule has 1 aromatic carbocycles. The highest BCUT2D eigenvalue weighted by Gasteiger charge is 2.23. The lowest BCUT2D eigenvalue weighted by Gasteiger charge is -2.23. The highest BCUT2D eigenvalue weighted by molar-refractivity contribution is 6.34. The summed E-state index contributed by atoms with van der Waals surface area (Å²) in [5, 5.41) is 5.21. The van der Waals surface area contributed by atoms with Crippen molar-refractivity contribution >= 4 is 22.6 Å². The van der Waals surface area contributed by atoms with Crippen LogP contribution in [0.3, 0.4) is 0 Å². The van der Waals surface area contributed by atoms with Gasteiger partial charge in [-0.1, -0.05) is 23.7 Å². The number of halogens is 1. The molecule has 18 heavy (non-hydrogen) atoms. The van der Waals surface area contributed by atoms with Crippen LogP contribution in [0.4, 0.5) is 0 Å². The van der Waals surface area contributed by atoms with Crippen LogP contribution in [0.15, 0.2) is 28.7 Å². The Morgan fingerprint density at radius 3 is 3.17 bits per heavy atom. The van der Waals surface area contributed by atoms with Crippen LogP contribution in [-0.2, 0) is 0 Å². The van der Waals surface area contributed by atoms with Crippen LogP contribution < -0.4 is 5.32 Å². The molecule has 1 fully saturated rings. The molecule has 96 valence electrons. The molecule has 2 aromatic rings. The van der Waals surface area contributed by atoms with Crippen molar-refractivity contribution in [2.45, 2.75) is 12.5 Å². The molecule has 0 amide bonds. The summed E-state index contributed by atoms with van der Waals surface area (Å²) < 4.78 is 5.95. The quantitative estimate of drug-likeness (QED) is 0.858. The third kappa shape index (κ3) is 2.14. The van der Waals surface area contributed by atoms with Crippen LogP contribution in [-0.4, -0.2) is 31.6 Å². The van der Waals surface area contributed by atoms with E-state index in [1.165, 1.54) is 6.42 Å². The Bertz CT molecular complexity index is 552. The number of fused-ring (bicyclic) bond motifs is 1. The summed E-state index contributed by atoms with van der Waals surface area (Å²) in [4.78, 5) is 2.34. The van der Waals surface area contributed by atoms with Crippen molar-refractivity contribution in [3.63, 3.8) is 0 Å². The highest BCUT2D eigenvalue weighted by Crippen LogP contribution is 2.31. The number of likely N-dealkylation sites (N-methyl/N-ethyl adjacent to an activating group) is 1. The minimum atomic E-state index is 0.288. The summed E-state index contributed by atoms with van der Waals surface area (Å²) in [7, 11) is 2.15. The molecule has 1 N–H and O–H groups in total. The van der Waals surface area contributed by atoms with E-state index in [2.05, 4.69) is 23.3 Å². The van der Waals surface area contributed by atoms with Gasteiger partial charge in [0.25, 0.3) is 0 Å². The zero-order valence-electron chi connectivity index (χ0n) is 10.4. The minimum Gasteiger partial charge on any atom is -0.458 e. The van der Waals surface area contributed by atoms with Crippen molar-refractivity contribution in [3.8, 4) is 0 Å². The first kappa shape index (κ1) is 12.0. The van der Waals surface area contributed by atoms with Crippen LogP contribution in [0.5, 0.6) is 0 Å². The predicted molar refractivity (Wildman–Crippen MR) is 74.1 cm³/mol. The van der Waals surface area contributed by atoms with Gasteiger partial charge in [0.2, 0.25) is 0 Å². The first-order valence-corrected chi connectivity index (χ1v) is 6.72. The second-order valence-electron chi connectivity index (χ2n) is 4.86. The van der Waals surface area contributed by atoms with Crippen molar-refractivity contribution in [1.82, 2.24) is 10.2 Å². The molecule has 1 saturated heterocycles. The first-order valence-electron chi connectivity index (χ1n) is 6.34. The first-order chi connectivity index (χ1) is 8.75. The van der Waals surface area contributed by atoms with Gasteiger partial charge < -0.3 is 9.73 Å². The molecule has 0 saturated carbocycles. The number of nitrogens with zero attached hydrogens (tertiary/aromatic N) is 1. The number of hydrogen-bond acceptors (Lipinski definition) is 3. The molecule has 4 heteroatoms. The third-order valence-electron chi connectivity index (χ3n) is 3.58. The zero-order chi connectivity index (χ0) is 12.5. The van der Waals surface area contributed by atoms with E-state index in [1.54, 1.807) is 0 Å². The summed E-state index contributed by atoms with van der Waals surface area (Å²) in [6.45, 7) is 3.08. The number of para-hydroxylation sites is 1. The summed E-state index contributed by atoms with van der Waals surface area (Å²) in [6.07, 6.45) is 1.17. The molecule has 3 nitrogen and oxygen atoms in total. The second-order valence-corrected chi connectivity index (χ2v) is 5.27. The number of nitrogens with one attached hydrogen (secondary N) is 1. The van der Waals surface area contributed by atoms with E-state index in [0.29, 0.717) is 5.02 Å². The van der Waals surface area contributed by atoms with Gasteiger partial charge in [-0.2, -0.15) is 0 Å². The molecule has 1 aliphatic rings. The summed E-state index contributed by atoms with van der Waals surface area (Å²) in [5.41, 5.74) is 0.798. The van der Waals surface area contributed by atoms with Gasteiger partial charge in [0.05, 0.1) is 11.1 Å². The summed E-state index contributed by atoms with van der Waals surface area (Å²) in [5.74, 6) is 0.995. The van der Waals surface area contributed by atoms with Gasteiger partial charge in [0.1, 0.15) is 5.76 Å². The van der Waals surface area contributed by atoms with E-state index in [4.69, 9.17) is 16.0 Å². The molecule has 3 rings (SSSR count). The van der Waals surface area contributed by atoms with Gasteiger partial charge in [-0.3, -0.25) is 4.90 Å². The maximum atomic E-state index is 6.15. The summed E-state index contributed by atoms with van der Waals surface area (Å²) >= 11 is 6.15. The molecular formula is C14H17ClN2O. The topological polar surface area (TPSA) is 28.4 Å². The van der Waals surface area contributed by atoms with E-state index >= 15 is 0 Å². The van der Waals surface area contributed by atoms with Crippen molar-refractivity contribution < 1.29 is 4.42 Å². The molecule has 0 spiro atoms. The van der Waals surface area contributed by atoms with E-state index in [-0.39, 0.29) is 6.04 Å². The Morgan fingerprint density at radius 1 is 1.44 bits per heavy atom. The van der Waals surface area contributed by atoms with Gasteiger partial charge in [-0.25, -0.2) is 0 Å². The molecular weight excluding hydrogens is 248 g/mol. The largest absolute Gasteiger partial charge is 0.458 e. The van der Waals surface area contributed by atoms with Gasteiger partial charge in [0.15, 0.2) is 5.58 Å². The number of rotatable bonds is 1. The maximum absolute atomic E-state index is 6.15. The lowest BCUT2D eigenvalue weighted by Crippen LogP contribution is -2.29. The monoisotopic (exact) mass is 264 g/mol. The molecule has 2 heterocycles. The number of furan rings is 1. The predicted octanol–water partition coefficient (Wildman–Crippen LogP) is 3.05. The fourth-order valence-electron chi connectivity index (χ4n) is 2.53. The molecule has 1 aliphatic heterocycles. The molecule has 0 radical (unpaired) electrons. The molecule has 1 aromatic heterocycles. The van der Waals surface area contributed by atoms with E-state index < -0.39 is 0 Å². The lowest BCUT2D eigenvalue weighted by atomic mass is 10.2. The Hall–Kier alpha value is -1.03. The SMILES string of the molecule is CN1CCCNCC1c1cc2cccc(Cl)c2o1. The minimum absolute atomic E-state index is 0.288.